The van der Waals surface area contributed by atoms with E-state index in [1.54, 1.807) is 18.3 Å². The molecule has 0 fully saturated rings. The maximum atomic E-state index is 10.9. The fraction of sp³-hybridized carbons (Fsp3) is 0.200. The summed E-state index contributed by atoms with van der Waals surface area (Å²) >= 11 is 1.52. The highest BCUT2D eigenvalue weighted by Gasteiger charge is 2.05. The minimum absolute atomic E-state index is 0.532. The third kappa shape index (κ3) is 2.99. The van der Waals surface area contributed by atoms with Gasteiger partial charge in [0, 0.05) is 16.7 Å². The lowest BCUT2D eigenvalue weighted by Crippen LogP contribution is -1.89. The van der Waals surface area contributed by atoms with Crippen LogP contribution in [0.15, 0.2) is 52.5 Å². The molecule has 0 saturated carbocycles. The standard InChI is InChI=1S/C15H15NOS/c1-11(2)12-5-7-14(8-6-12)18-15-13(10-17)4-3-9-16-15/h3-11H,1-2H3. The van der Waals surface area contributed by atoms with Crippen molar-refractivity contribution in [3.05, 3.63) is 53.7 Å². The van der Waals surface area contributed by atoms with E-state index in [0.29, 0.717) is 11.5 Å². The Labute approximate surface area is 111 Å². The summed E-state index contributed by atoms with van der Waals surface area (Å²) in [6.45, 7) is 4.34. The zero-order valence-corrected chi connectivity index (χ0v) is 11.3. The summed E-state index contributed by atoms with van der Waals surface area (Å²) in [6, 6.07) is 11.9. The van der Waals surface area contributed by atoms with Crippen molar-refractivity contribution in [3.63, 3.8) is 0 Å². The number of aromatic nitrogens is 1. The van der Waals surface area contributed by atoms with Crippen LogP contribution in [0.4, 0.5) is 0 Å². The van der Waals surface area contributed by atoms with Crippen molar-refractivity contribution >= 4 is 18.0 Å². The minimum Gasteiger partial charge on any atom is -0.298 e. The van der Waals surface area contributed by atoms with E-state index >= 15 is 0 Å². The van der Waals surface area contributed by atoms with Gasteiger partial charge in [-0.1, -0.05) is 37.7 Å². The van der Waals surface area contributed by atoms with Crippen LogP contribution in [0.1, 0.15) is 35.7 Å². The fourth-order valence-electron chi connectivity index (χ4n) is 1.61. The summed E-state index contributed by atoms with van der Waals surface area (Å²) in [4.78, 5) is 16.2. The third-order valence-corrected chi connectivity index (χ3v) is 3.73. The van der Waals surface area contributed by atoms with E-state index in [-0.39, 0.29) is 0 Å². The van der Waals surface area contributed by atoms with Crippen molar-refractivity contribution in [1.29, 1.82) is 0 Å². The van der Waals surface area contributed by atoms with Crippen LogP contribution in [0.3, 0.4) is 0 Å². The molecule has 0 atom stereocenters. The first-order chi connectivity index (χ1) is 8.70. The highest BCUT2D eigenvalue weighted by molar-refractivity contribution is 7.99. The highest BCUT2D eigenvalue weighted by atomic mass is 32.2. The SMILES string of the molecule is CC(C)c1ccc(Sc2ncccc2C=O)cc1. The zero-order valence-electron chi connectivity index (χ0n) is 10.5. The fourth-order valence-corrected chi connectivity index (χ4v) is 2.45. The first-order valence-corrected chi connectivity index (χ1v) is 6.70. The van der Waals surface area contributed by atoms with Gasteiger partial charge in [0.25, 0.3) is 0 Å². The second kappa shape index (κ2) is 5.83. The quantitative estimate of drug-likeness (QED) is 0.770. The highest BCUT2D eigenvalue weighted by Crippen LogP contribution is 2.29. The molecule has 1 aromatic carbocycles. The summed E-state index contributed by atoms with van der Waals surface area (Å²) < 4.78 is 0. The Morgan fingerprint density at radius 3 is 2.50 bits per heavy atom. The molecule has 0 N–H and O–H groups in total. The normalized spacial score (nSPS) is 10.6. The predicted octanol–water partition coefficient (Wildman–Crippen LogP) is 4.17. The maximum Gasteiger partial charge on any atom is 0.152 e. The largest absolute Gasteiger partial charge is 0.298 e. The molecule has 2 rings (SSSR count). The lowest BCUT2D eigenvalue weighted by atomic mass is 10.0. The summed E-state index contributed by atoms with van der Waals surface area (Å²) in [7, 11) is 0. The molecule has 18 heavy (non-hydrogen) atoms. The molecule has 1 heterocycles. The molecule has 2 nitrogen and oxygen atoms in total. The Morgan fingerprint density at radius 1 is 1.17 bits per heavy atom. The molecular formula is C15H15NOS. The number of nitrogens with zero attached hydrogens (tertiary/aromatic N) is 1. The molecule has 0 radical (unpaired) electrons. The van der Waals surface area contributed by atoms with Crippen molar-refractivity contribution in [1.82, 2.24) is 4.98 Å². The molecule has 2 aromatic rings. The number of aldehydes is 1. The summed E-state index contributed by atoms with van der Waals surface area (Å²) in [5.41, 5.74) is 1.95. The van der Waals surface area contributed by atoms with Gasteiger partial charge in [0.05, 0.1) is 0 Å². The van der Waals surface area contributed by atoms with Gasteiger partial charge >= 0.3 is 0 Å². The van der Waals surface area contributed by atoms with E-state index < -0.39 is 0 Å². The summed E-state index contributed by atoms with van der Waals surface area (Å²) in [6.07, 6.45) is 2.55. The molecule has 92 valence electrons. The second-order valence-corrected chi connectivity index (χ2v) is 5.40. The Balaban J connectivity index is 2.21. The van der Waals surface area contributed by atoms with Gasteiger partial charge in [-0.15, -0.1) is 0 Å². The summed E-state index contributed by atoms with van der Waals surface area (Å²) in [5, 5.41) is 0.754. The van der Waals surface area contributed by atoms with Gasteiger partial charge in [0.1, 0.15) is 5.03 Å². The molecule has 1 aromatic heterocycles. The Hall–Kier alpha value is -1.61. The molecule has 0 bridgehead atoms. The molecular weight excluding hydrogens is 242 g/mol. The lowest BCUT2D eigenvalue weighted by molar-refractivity contribution is 0.112. The summed E-state index contributed by atoms with van der Waals surface area (Å²) in [5.74, 6) is 0.532. The number of rotatable bonds is 4. The molecule has 0 saturated heterocycles. The topological polar surface area (TPSA) is 30.0 Å². The van der Waals surface area contributed by atoms with Gasteiger partial charge in [0.2, 0.25) is 0 Å². The van der Waals surface area contributed by atoms with E-state index in [0.717, 1.165) is 16.2 Å². The number of carbonyl (C=O) groups excluding carboxylic acids is 1. The number of benzene rings is 1. The van der Waals surface area contributed by atoms with Gasteiger partial charge in [-0.25, -0.2) is 4.98 Å². The van der Waals surface area contributed by atoms with Crippen LogP contribution in [-0.4, -0.2) is 11.3 Å². The van der Waals surface area contributed by atoms with Gasteiger partial charge in [-0.3, -0.25) is 4.79 Å². The molecule has 0 spiro atoms. The van der Waals surface area contributed by atoms with E-state index in [1.165, 1.54) is 17.3 Å². The van der Waals surface area contributed by atoms with Crippen LogP contribution in [-0.2, 0) is 0 Å². The molecule has 0 aliphatic carbocycles. The van der Waals surface area contributed by atoms with Crippen LogP contribution >= 0.6 is 11.8 Å². The Morgan fingerprint density at radius 2 is 1.89 bits per heavy atom. The van der Waals surface area contributed by atoms with Gasteiger partial charge in [-0.2, -0.15) is 0 Å². The van der Waals surface area contributed by atoms with Crippen LogP contribution in [0.2, 0.25) is 0 Å². The van der Waals surface area contributed by atoms with Crippen molar-refractivity contribution in [2.24, 2.45) is 0 Å². The van der Waals surface area contributed by atoms with Gasteiger partial charge < -0.3 is 0 Å². The monoisotopic (exact) mass is 257 g/mol. The predicted molar refractivity (Wildman–Crippen MR) is 74.3 cm³/mol. The number of hydrogen-bond donors (Lipinski definition) is 0. The van der Waals surface area contributed by atoms with Crippen LogP contribution < -0.4 is 0 Å². The molecule has 0 aliphatic rings. The number of pyridine rings is 1. The van der Waals surface area contributed by atoms with Crippen LogP contribution in [0.5, 0.6) is 0 Å². The van der Waals surface area contributed by atoms with E-state index in [9.17, 15) is 4.79 Å². The molecule has 3 heteroatoms. The number of hydrogen-bond acceptors (Lipinski definition) is 3. The average molecular weight is 257 g/mol. The van der Waals surface area contributed by atoms with Crippen molar-refractivity contribution < 1.29 is 4.79 Å². The first-order valence-electron chi connectivity index (χ1n) is 5.88. The zero-order chi connectivity index (χ0) is 13.0. The molecule has 0 amide bonds. The molecule has 0 unspecified atom stereocenters. The molecule has 0 aliphatic heterocycles. The Bertz CT molecular complexity index is 534. The minimum atomic E-state index is 0.532. The van der Waals surface area contributed by atoms with Crippen molar-refractivity contribution in [2.45, 2.75) is 29.7 Å². The van der Waals surface area contributed by atoms with E-state index in [4.69, 9.17) is 0 Å². The van der Waals surface area contributed by atoms with Gasteiger partial charge in [0.15, 0.2) is 6.29 Å². The van der Waals surface area contributed by atoms with E-state index in [2.05, 4.69) is 43.1 Å². The van der Waals surface area contributed by atoms with Crippen LogP contribution in [0.25, 0.3) is 0 Å². The third-order valence-electron chi connectivity index (χ3n) is 2.69. The Kier molecular flexibility index (Phi) is 4.15. The lowest BCUT2D eigenvalue weighted by Gasteiger charge is -2.07. The van der Waals surface area contributed by atoms with E-state index in [1.807, 2.05) is 0 Å². The van der Waals surface area contributed by atoms with Crippen molar-refractivity contribution in [3.8, 4) is 0 Å². The van der Waals surface area contributed by atoms with Crippen LogP contribution in [0, 0.1) is 0 Å². The average Bonchev–Trinajstić information content (AvgIpc) is 2.40. The first kappa shape index (κ1) is 12.8. The van der Waals surface area contributed by atoms with Crippen molar-refractivity contribution in [2.75, 3.05) is 0 Å². The smallest absolute Gasteiger partial charge is 0.152 e. The maximum absolute atomic E-state index is 10.9. The number of carbonyl (C=O) groups is 1. The van der Waals surface area contributed by atoms with Gasteiger partial charge in [-0.05, 0) is 35.7 Å². The second-order valence-electron chi connectivity index (χ2n) is 4.34.